The second-order valence-electron chi connectivity index (χ2n) is 7.27. The molecule has 1 saturated heterocycles. The van der Waals surface area contributed by atoms with Gasteiger partial charge in [-0.2, -0.15) is 0 Å². The molecule has 2 aromatic carbocycles. The zero-order chi connectivity index (χ0) is 19.1. The summed E-state index contributed by atoms with van der Waals surface area (Å²) in [6.07, 6.45) is 2.36. The number of aromatic hydroxyl groups is 1. The summed E-state index contributed by atoms with van der Waals surface area (Å²) >= 11 is 6.05. The van der Waals surface area contributed by atoms with E-state index in [-0.39, 0.29) is 11.5 Å². The summed E-state index contributed by atoms with van der Waals surface area (Å²) in [6.45, 7) is 6.28. The molecule has 1 aliphatic heterocycles. The fourth-order valence-electron chi connectivity index (χ4n) is 4.24. The van der Waals surface area contributed by atoms with Crippen LogP contribution in [0.15, 0.2) is 36.4 Å². The zero-order valence-corrected chi connectivity index (χ0v) is 16.4. The third kappa shape index (κ3) is 3.13. The van der Waals surface area contributed by atoms with Gasteiger partial charge in [0.2, 0.25) is 0 Å². The molecule has 0 unspecified atom stereocenters. The standard InChI is InChI=1S/C22H23ClN2O2/c1-14-21(15(2)26)22-18(13-24-11-3-4-12-24)20(27)10-9-19(22)25(14)17-7-5-16(23)6-8-17/h5-10,27H,3-4,11-13H2,1-2H3. The second kappa shape index (κ2) is 7.02. The molecule has 0 spiro atoms. The van der Waals surface area contributed by atoms with E-state index in [9.17, 15) is 9.90 Å². The Hall–Kier alpha value is -2.30. The minimum atomic E-state index is 0.0125. The van der Waals surface area contributed by atoms with Gasteiger partial charge in [-0.25, -0.2) is 0 Å². The van der Waals surface area contributed by atoms with E-state index in [1.807, 2.05) is 37.3 Å². The van der Waals surface area contributed by atoms with Crippen LogP contribution in [0.3, 0.4) is 0 Å². The molecule has 0 bridgehead atoms. The van der Waals surface area contributed by atoms with Crippen molar-refractivity contribution in [1.29, 1.82) is 0 Å². The average molecular weight is 383 g/mol. The molecule has 0 amide bonds. The number of carbonyl (C=O) groups is 1. The van der Waals surface area contributed by atoms with E-state index in [2.05, 4.69) is 9.47 Å². The molecular formula is C22H23ClN2O2. The van der Waals surface area contributed by atoms with Crippen LogP contribution >= 0.6 is 11.6 Å². The number of phenols is 1. The highest BCUT2D eigenvalue weighted by molar-refractivity contribution is 6.30. The molecule has 140 valence electrons. The number of fused-ring (bicyclic) bond motifs is 1. The molecule has 1 fully saturated rings. The topological polar surface area (TPSA) is 45.5 Å². The number of hydrogen-bond donors (Lipinski definition) is 1. The predicted octanol–water partition coefficient (Wildman–Crippen LogP) is 5.10. The molecule has 4 nitrogen and oxygen atoms in total. The number of likely N-dealkylation sites (tertiary alicyclic amines) is 1. The van der Waals surface area contributed by atoms with Crippen LogP contribution in [0.25, 0.3) is 16.6 Å². The maximum absolute atomic E-state index is 12.6. The van der Waals surface area contributed by atoms with Crippen molar-refractivity contribution in [2.45, 2.75) is 33.2 Å². The molecule has 4 rings (SSSR count). The third-order valence-electron chi connectivity index (χ3n) is 5.47. The molecule has 1 N–H and O–H groups in total. The smallest absolute Gasteiger partial charge is 0.162 e. The summed E-state index contributed by atoms with van der Waals surface area (Å²) in [6, 6.07) is 11.2. The molecule has 1 aromatic heterocycles. The van der Waals surface area contributed by atoms with Gasteiger partial charge in [-0.15, -0.1) is 0 Å². The number of hydrogen-bond acceptors (Lipinski definition) is 3. The van der Waals surface area contributed by atoms with Gasteiger partial charge in [0.25, 0.3) is 0 Å². The predicted molar refractivity (Wildman–Crippen MR) is 109 cm³/mol. The minimum absolute atomic E-state index is 0.0125. The molecular weight excluding hydrogens is 360 g/mol. The maximum atomic E-state index is 12.6. The summed E-state index contributed by atoms with van der Waals surface area (Å²) in [5, 5.41) is 12.2. The molecule has 3 aromatic rings. The lowest BCUT2D eigenvalue weighted by Gasteiger charge is -2.17. The molecule has 0 saturated carbocycles. The first-order valence-electron chi connectivity index (χ1n) is 9.32. The fraction of sp³-hybridized carbons (Fsp3) is 0.318. The van der Waals surface area contributed by atoms with Gasteiger partial charge < -0.3 is 9.67 Å². The van der Waals surface area contributed by atoms with Gasteiger partial charge in [0.15, 0.2) is 5.78 Å². The van der Waals surface area contributed by atoms with Crippen LogP contribution in [-0.2, 0) is 6.54 Å². The first kappa shape index (κ1) is 18.1. The number of nitrogens with zero attached hydrogens (tertiary/aromatic N) is 2. The Morgan fingerprint density at radius 2 is 1.78 bits per heavy atom. The zero-order valence-electron chi connectivity index (χ0n) is 15.6. The highest BCUT2D eigenvalue weighted by Crippen LogP contribution is 2.37. The molecule has 2 heterocycles. The van der Waals surface area contributed by atoms with Crippen molar-refractivity contribution < 1.29 is 9.90 Å². The summed E-state index contributed by atoms with van der Waals surface area (Å²) in [7, 11) is 0. The van der Waals surface area contributed by atoms with Crippen LogP contribution in [0, 0.1) is 6.92 Å². The lowest BCUT2D eigenvalue weighted by molar-refractivity contribution is 0.101. The van der Waals surface area contributed by atoms with Crippen LogP contribution in [0.1, 0.15) is 41.4 Å². The third-order valence-corrected chi connectivity index (χ3v) is 5.72. The number of ketones is 1. The molecule has 0 aliphatic carbocycles. The molecule has 27 heavy (non-hydrogen) atoms. The van der Waals surface area contributed by atoms with Crippen molar-refractivity contribution in [2.24, 2.45) is 0 Å². The number of phenolic OH excluding ortho intramolecular Hbond substituents is 1. The van der Waals surface area contributed by atoms with E-state index in [0.717, 1.165) is 40.9 Å². The van der Waals surface area contributed by atoms with Crippen LogP contribution in [0.2, 0.25) is 5.02 Å². The van der Waals surface area contributed by atoms with Gasteiger partial charge in [-0.1, -0.05) is 11.6 Å². The van der Waals surface area contributed by atoms with Crippen molar-refractivity contribution >= 4 is 28.3 Å². The summed E-state index contributed by atoms with van der Waals surface area (Å²) in [5.41, 5.74) is 4.30. The normalized spacial score (nSPS) is 14.9. The van der Waals surface area contributed by atoms with Crippen LogP contribution < -0.4 is 0 Å². The van der Waals surface area contributed by atoms with E-state index < -0.39 is 0 Å². The van der Waals surface area contributed by atoms with Crippen LogP contribution in [0.4, 0.5) is 0 Å². The number of Topliss-reactive ketones (excluding diaryl/α,β-unsaturated/α-hetero) is 1. The Balaban J connectivity index is 1.99. The van der Waals surface area contributed by atoms with E-state index in [1.165, 1.54) is 12.8 Å². The minimum Gasteiger partial charge on any atom is -0.508 e. The Bertz CT molecular complexity index is 1020. The first-order valence-corrected chi connectivity index (χ1v) is 9.70. The Labute approximate surface area is 164 Å². The highest BCUT2D eigenvalue weighted by Gasteiger charge is 2.24. The van der Waals surface area contributed by atoms with E-state index in [4.69, 9.17) is 11.6 Å². The number of benzene rings is 2. The van der Waals surface area contributed by atoms with Gasteiger partial charge in [0.1, 0.15) is 5.75 Å². The van der Waals surface area contributed by atoms with Gasteiger partial charge >= 0.3 is 0 Å². The number of aromatic nitrogens is 1. The fourth-order valence-corrected chi connectivity index (χ4v) is 4.37. The lowest BCUT2D eigenvalue weighted by Crippen LogP contribution is -2.18. The number of halogens is 1. The van der Waals surface area contributed by atoms with Gasteiger partial charge in [0, 0.05) is 39.5 Å². The largest absolute Gasteiger partial charge is 0.508 e. The summed E-state index contributed by atoms with van der Waals surface area (Å²) in [4.78, 5) is 14.9. The molecule has 1 aliphatic rings. The quantitative estimate of drug-likeness (QED) is 0.639. The Morgan fingerprint density at radius 1 is 1.11 bits per heavy atom. The first-order chi connectivity index (χ1) is 13.0. The number of carbonyl (C=O) groups excluding carboxylic acids is 1. The van der Waals surface area contributed by atoms with Crippen molar-refractivity contribution in [3.63, 3.8) is 0 Å². The molecule has 0 atom stereocenters. The lowest BCUT2D eigenvalue weighted by atomic mass is 10.0. The average Bonchev–Trinajstić information content (AvgIpc) is 3.24. The molecule has 5 heteroatoms. The van der Waals surface area contributed by atoms with Gasteiger partial charge in [-0.05, 0) is 76.2 Å². The van der Waals surface area contributed by atoms with Crippen LogP contribution in [-0.4, -0.2) is 33.4 Å². The SMILES string of the molecule is CC(=O)c1c(C)n(-c2ccc(Cl)cc2)c2ccc(O)c(CN3CCCC3)c12. The van der Waals surface area contributed by atoms with Crippen molar-refractivity contribution in [3.05, 3.63) is 58.2 Å². The van der Waals surface area contributed by atoms with E-state index in [1.54, 1.807) is 13.0 Å². The molecule has 0 radical (unpaired) electrons. The summed E-state index contributed by atoms with van der Waals surface area (Å²) in [5.74, 6) is 0.267. The van der Waals surface area contributed by atoms with Crippen LogP contribution in [0.5, 0.6) is 5.75 Å². The van der Waals surface area contributed by atoms with E-state index >= 15 is 0 Å². The summed E-state index contributed by atoms with van der Waals surface area (Å²) < 4.78 is 2.08. The second-order valence-corrected chi connectivity index (χ2v) is 7.71. The number of rotatable bonds is 4. The van der Waals surface area contributed by atoms with E-state index in [0.29, 0.717) is 17.1 Å². The Kier molecular flexibility index (Phi) is 4.70. The van der Waals surface area contributed by atoms with Crippen molar-refractivity contribution in [2.75, 3.05) is 13.1 Å². The van der Waals surface area contributed by atoms with Gasteiger partial charge in [-0.3, -0.25) is 9.69 Å². The van der Waals surface area contributed by atoms with Crippen molar-refractivity contribution in [1.82, 2.24) is 9.47 Å². The van der Waals surface area contributed by atoms with Gasteiger partial charge in [0.05, 0.1) is 5.52 Å². The van der Waals surface area contributed by atoms with Crippen molar-refractivity contribution in [3.8, 4) is 11.4 Å². The maximum Gasteiger partial charge on any atom is 0.162 e. The monoisotopic (exact) mass is 382 g/mol. The Morgan fingerprint density at radius 3 is 2.41 bits per heavy atom. The highest BCUT2D eigenvalue weighted by atomic mass is 35.5.